The van der Waals surface area contributed by atoms with Gasteiger partial charge in [-0.1, -0.05) is 6.92 Å². The molecule has 0 spiro atoms. The monoisotopic (exact) mass is 858 g/mol. The lowest BCUT2D eigenvalue weighted by molar-refractivity contribution is -0.260. The lowest BCUT2D eigenvalue weighted by Crippen LogP contribution is -2.60. The molecule has 2 rings (SSSR count). The third kappa shape index (κ3) is 7.26. The van der Waals surface area contributed by atoms with Crippen molar-refractivity contribution in [1.29, 1.82) is 0 Å². The molecule has 0 aromatic heterocycles. The van der Waals surface area contributed by atoms with Crippen molar-refractivity contribution in [3.8, 4) is 0 Å². The summed E-state index contributed by atoms with van der Waals surface area (Å²) in [5.41, 5.74) is -6.24. The molecular formula is C21H28F3I3N2O5S. The van der Waals surface area contributed by atoms with E-state index in [1.807, 2.05) is 79.8 Å². The normalized spacial score (nSPS) is 19.9. The molecule has 14 heteroatoms. The van der Waals surface area contributed by atoms with Gasteiger partial charge in [-0.3, -0.25) is 9.52 Å². The molecule has 1 atom stereocenters. The summed E-state index contributed by atoms with van der Waals surface area (Å²) < 4.78 is 71.1. The number of piperidine rings is 1. The lowest BCUT2D eigenvalue weighted by Gasteiger charge is -2.51. The Labute approximate surface area is 244 Å². The van der Waals surface area contributed by atoms with E-state index in [2.05, 4.69) is 0 Å². The number of sulfonamides is 1. The van der Waals surface area contributed by atoms with E-state index >= 15 is 0 Å². The fraction of sp³-hybridized carbons (Fsp3) is 0.667. The zero-order valence-electron chi connectivity index (χ0n) is 19.8. The van der Waals surface area contributed by atoms with E-state index in [-0.39, 0.29) is 12.1 Å². The van der Waals surface area contributed by atoms with Crippen molar-refractivity contribution in [3.05, 3.63) is 22.3 Å². The maximum absolute atomic E-state index is 13.1. The smallest absolute Gasteiger partial charge is 0.462 e. The first-order valence-electron chi connectivity index (χ1n) is 10.7. The summed E-state index contributed by atoms with van der Waals surface area (Å²) in [6, 6.07) is 1.58. The number of hydrogen-bond acceptors (Lipinski definition) is 6. The number of ether oxygens (including phenoxy) is 1. The molecule has 0 bridgehead atoms. The SMILES string of the molecule is CCC(Cc1c(I)cc(I)c(NS(=O)(=O)C(F)(F)F)c1I)C(=O)OC1CC(C)(C)N(O)C(C)(C)C1. The van der Waals surface area contributed by atoms with Gasteiger partial charge >= 0.3 is 21.5 Å². The van der Waals surface area contributed by atoms with E-state index in [0.29, 0.717) is 35.5 Å². The highest BCUT2D eigenvalue weighted by Crippen LogP contribution is 2.39. The Kier molecular flexibility index (Phi) is 10.1. The van der Waals surface area contributed by atoms with E-state index in [9.17, 15) is 31.6 Å². The number of nitrogens with zero attached hydrogens (tertiary/aromatic N) is 1. The number of nitrogens with one attached hydrogen (secondary N) is 1. The molecule has 0 saturated carbocycles. The Balaban J connectivity index is 2.30. The van der Waals surface area contributed by atoms with Gasteiger partial charge in [-0.05, 0) is 120 Å². The Hall–Kier alpha value is 0.340. The second-order valence-electron chi connectivity index (χ2n) is 9.77. The van der Waals surface area contributed by atoms with Gasteiger partial charge in [0.1, 0.15) is 6.10 Å². The summed E-state index contributed by atoms with van der Waals surface area (Å²) in [6.45, 7) is 9.28. The zero-order valence-corrected chi connectivity index (χ0v) is 27.1. The van der Waals surface area contributed by atoms with Crippen LogP contribution < -0.4 is 4.72 Å². The van der Waals surface area contributed by atoms with Gasteiger partial charge < -0.3 is 9.94 Å². The summed E-state index contributed by atoms with van der Waals surface area (Å²) in [4.78, 5) is 13.1. The van der Waals surface area contributed by atoms with Gasteiger partial charge in [-0.25, -0.2) is 0 Å². The summed E-state index contributed by atoms with van der Waals surface area (Å²) >= 11 is 5.62. The Morgan fingerprint density at radius 1 is 1.20 bits per heavy atom. The van der Waals surface area contributed by atoms with Gasteiger partial charge in [0.05, 0.1) is 11.6 Å². The predicted molar refractivity (Wildman–Crippen MR) is 152 cm³/mol. The maximum atomic E-state index is 13.1. The molecule has 0 radical (unpaired) electrons. The lowest BCUT2D eigenvalue weighted by atomic mass is 9.80. The quantitative estimate of drug-likeness (QED) is 0.248. The van der Waals surface area contributed by atoms with E-state index in [4.69, 9.17) is 4.74 Å². The van der Waals surface area contributed by atoms with Crippen molar-refractivity contribution in [1.82, 2.24) is 5.06 Å². The Bertz CT molecular complexity index is 1060. The molecule has 1 unspecified atom stereocenters. The van der Waals surface area contributed by atoms with Gasteiger partial charge in [0.15, 0.2) is 0 Å². The van der Waals surface area contributed by atoms with Crippen LogP contribution in [0.15, 0.2) is 6.07 Å². The highest BCUT2D eigenvalue weighted by atomic mass is 127. The summed E-state index contributed by atoms with van der Waals surface area (Å²) in [5.74, 6) is -1.01. The van der Waals surface area contributed by atoms with E-state index in [1.165, 1.54) is 5.06 Å². The molecule has 1 aliphatic rings. The van der Waals surface area contributed by atoms with Gasteiger partial charge in [0.2, 0.25) is 0 Å². The first-order chi connectivity index (χ1) is 15.7. The van der Waals surface area contributed by atoms with Gasteiger partial charge in [-0.2, -0.15) is 26.7 Å². The van der Waals surface area contributed by atoms with E-state index < -0.39 is 44.6 Å². The molecule has 0 amide bonds. The predicted octanol–water partition coefficient (Wildman–Crippen LogP) is 6.28. The van der Waals surface area contributed by atoms with Crippen LogP contribution in [-0.4, -0.2) is 47.3 Å². The molecule has 1 heterocycles. The molecule has 1 aromatic rings. The zero-order chi connectivity index (χ0) is 27.1. The number of carbonyl (C=O) groups excluding carboxylic acids is 1. The molecular weight excluding hydrogens is 830 g/mol. The summed E-state index contributed by atoms with van der Waals surface area (Å²) in [7, 11) is -5.60. The van der Waals surface area contributed by atoms with Crippen molar-refractivity contribution in [2.75, 3.05) is 4.72 Å². The first kappa shape index (κ1) is 31.6. The molecule has 0 aliphatic carbocycles. The fourth-order valence-electron chi connectivity index (χ4n) is 4.27. The first-order valence-corrected chi connectivity index (χ1v) is 15.4. The van der Waals surface area contributed by atoms with Crippen LogP contribution in [0.4, 0.5) is 18.9 Å². The van der Waals surface area contributed by atoms with Crippen molar-refractivity contribution in [3.63, 3.8) is 0 Å². The van der Waals surface area contributed by atoms with Crippen LogP contribution in [0, 0.1) is 16.6 Å². The highest BCUT2D eigenvalue weighted by Gasteiger charge is 2.47. The van der Waals surface area contributed by atoms with Gasteiger partial charge in [0.25, 0.3) is 0 Å². The van der Waals surface area contributed by atoms with Crippen LogP contribution >= 0.6 is 67.8 Å². The number of anilines is 1. The second-order valence-corrected chi connectivity index (χ2v) is 14.8. The van der Waals surface area contributed by atoms with Crippen molar-refractivity contribution < 1.29 is 36.3 Å². The molecule has 1 aromatic carbocycles. The minimum atomic E-state index is -5.60. The number of hydroxylamine groups is 2. The Morgan fingerprint density at radius 2 is 1.71 bits per heavy atom. The molecule has 1 aliphatic heterocycles. The van der Waals surface area contributed by atoms with Crippen molar-refractivity contribution in [2.24, 2.45) is 5.92 Å². The molecule has 200 valence electrons. The third-order valence-electron chi connectivity index (χ3n) is 5.97. The van der Waals surface area contributed by atoms with Crippen molar-refractivity contribution >= 4 is 89.5 Å². The second kappa shape index (κ2) is 11.2. The van der Waals surface area contributed by atoms with Crippen molar-refractivity contribution in [2.45, 2.75) is 83.0 Å². The minimum Gasteiger partial charge on any atom is -0.462 e. The third-order valence-corrected chi connectivity index (χ3v) is 10.1. The van der Waals surface area contributed by atoms with E-state index in [0.717, 1.165) is 0 Å². The maximum Gasteiger partial charge on any atom is 0.516 e. The number of halogens is 6. The molecule has 7 nitrogen and oxygen atoms in total. The highest BCUT2D eigenvalue weighted by molar-refractivity contribution is 14.1. The standard InChI is InChI=1S/C21H28F3I3N2O5S/c1-6-11(18(30)34-12-9-19(2,3)29(31)20(4,5)10-12)7-13-14(25)8-15(26)17(16(13)27)28-35(32,33)21(22,23)24/h8,11-12,28,31H,6-7,9-10H2,1-5H3. The number of hydrogen-bond donors (Lipinski definition) is 2. The summed E-state index contributed by atoms with van der Waals surface area (Å²) in [5, 5.41) is 11.8. The average molecular weight is 858 g/mol. The van der Waals surface area contributed by atoms with Gasteiger partial charge in [-0.15, -0.1) is 0 Å². The van der Waals surface area contributed by atoms with Crippen LogP contribution in [-0.2, 0) is 26.0 Å². The average Bonchev–Trinajstić information content (AvgIpc) is 2.68. The summed E-state index contributed by atoms with van der Waals surface area (Å²) in [6.07, 6.45) is 1.07. The van der Waals surface area contributed by atoms with Gasteiger partial charge in [0, 0.05) is 34.6 Å². The fourth-order valence-corrected chi connectivity index (χ4v) is 9.31. The van der Waals surface area contributed by atoms with Crippen LogP contribution in [0.3, 0.4) is 0 Å². The van der Waals surface area contributed by atoms with Crippen LogP contribution in [0.2, 0.25) is 0 Å². The number of benzene rings is 1. The Morgan fingerprint density at radius 3 is 2.17 bits per heavy atom. The number of alkyl halides is 3. The molecule has 1 saturated heterocycles. The molecule has 2 N–H and O–H groups in total. The van der Waals surface area contributed by atoms with Crippen LogP contribution in [0.1, 0.15) is 59.4 Å². The molecule has 35 heavy (non-hydrogen) atoms. The molecule has 1 fully saturated rings. The topological polar surface area (TPSA) is 95.9 Å². The van der Waals surface area contributed by atoms with Crippen LogP contribution in [0.25, 0.3) is 0 Å². The largest absolute Gasteiger partial charge is 0.516 e. The van der Waals surface area contributed by atoms with E-state index in [1.54, 1.807) is 33.4 Å². The van der Waals surface area contributed by atoms with Crippen LogP contribution in [0.5, 0.6) is 0 Å². The number of carbonyl (C=O) groups is 1. The minimum absolute atomic E-state index is 0.166. The number of rotatable bonds is 7. The number of esters is 1.